The molecule has 1 saturated heterocycles. The van der Waals surface area contributed by atoms with Crippen LogP contribution in [0.3, 0.4) is 0 Å². The van der Waals surface area contributed by atoms with Gasteiger partial charge in [0.2, 0.25) is 5.72 Å². The molecule has 0 unspecified atom stereocenters. The Morgan fingerprint density at radius 3 is 2.37 bits per heavy atom. The fourth-order valence-corrected chi connectivity index (χ4v) is 3.52. The van der Waals surface area contributed by atoms with Crippen LogP contribution in [0.2, 0.25) is 0 Å². The second kappa shape index (κ2) is 6.97. The third-order valence-electron chi connectivity index (χ3n) is 4.35. The zero-order valence-corrected chi connectivity index (χ0v) is 15.2. The summed E-state index contributed by atoms with van der Waals surface area (Å²) >= 11 is 3.22. The highest BCUT2D eigenvalue weighted by Gasteiger charge is 2.66. The molecule has 0 radical (unpaired) electrons. The van der Waals surface area contributed by atoms with E-state index >= 15 is 0 Å². The number of carbonyl (C=O) groups excluding carboxylic acids is 2. The molecular formula is C18H14BrF3N2O3. The third-order valence-corrected chi connectivity index (χ3v) is 4.85. The first-order valence-electron chi connectivity index (χ1n) is 7.86. The summed E-state index contributed by atoms with van der Waals surface area (Å²) in [6.07, 6.45) is -5.27. The van der Waals surface area contributed by atoms with E-state index in [9.17, 15) is 27.9 Å². The standard InChI is InChI=1S/C18H14BrF3N2O3/c19-12-8-4-7-11(9-12)14-13(15(25)10-5-2-1-3-6-10)17(27,18(20,21)22)24-16(26)23-14/h1-9,13-14,27H,(H2,23,24,26)/t13-,14+,17-/m1/s1. The van der Waals surface area contributed by atoms with Crippen LogP contribution in [0.15, 0.2) is 59.1 Å². The van der Waals surface area contributed by atoms with Crippen molar-refractivity contribution in [3.8, 4) is 0 Å². The molecule has 142 valence electrons. The molecule has 1 fully saturated rings. The van der Waals surface area contributed by atoms with Gasteiger partial charge >= 0.3 is 12.2 Å². The fraction of sp³-hybridized carbons (Fsp3) is 0.222. The molecule has 1 aliphatic heterocycles. The molecule has 0 saturated carbocycles. The molecule has 9 heteroatoms. The Hall–Kier alpha value is -2.39. The number of rotatable bonds is 3. The minimum absolute atomic E-state index is 0.0110. The number of urea groups is 1. The van der Waals surface area contributed by atoms with Crippen molar-refractivity contribution >= 4 is 27.7 Å². The number of amides is 2. The first kappa shape index (κ1) is 19.4. The van der Waals surface area contributed by atoms with E-state index in [0.29, 0.717) is 4.47 Å². The number of hydrogen-bond acceptors (Lipinski definition) is 3. The van der Waals surface area contributed by atoms with E-state index in [2.05, 4.69) is 21.2 Å². The molecule has 2 aromatic rings. The predicted octanol–water partition coefficient (Wildman–Crippen LogP) is 3.55. The summed E-state index contributed by atoms with van der Waals surface area (Å²) in [6.45, 7) is 0. The lowest BCUT2D eigenvalue weighted by Gasteiger charge is -2.45. The third kappa shape index (κ3) is 3.57. The van der Waals surface area contributed by atoms with E-state index in [0.717, 1.165) is 0 Å². The molecule has 0 bridgehead atoms. The lowest BCUT2D eigenvalue weighted by Crippen LogP contribution is -2.72. The van der Waals surface area contributed by atoms with Gasteiger partial charge in [0, 0.05) is 10.0 Å². The Morgan fingerprint density at radius 2 is 1.78 bits per heavy atom. The number of hydrogen-bond donors (Lipinski definition) is 3. The van der Waals surface area contributed by atoms with Gasteiger partial charge in [-0.15, -0.1) is 0 Å². The van der Waals surface area contributed by atoms with E-state index in [1.165, 1.54) is 41.7 Å². The van der Waals surface area contributed by atoms with Crippen LogP contribution in [-0.4, -0.2) is 28.8 Å². The minimum atomic E-state index is -5.27. The fourth-order valence-electron chi connectivity index (χ4n) is 3.10. The van der Waals surface area contributed by atoms with Crippen molar-refractivity contribution in [2.45, 2.75) is 17.9 Å². The number of ketones is 1. The van der Waals surface area contributed by atoms with E-state index in [1.54, 1.807) is 18.2 Å². The molecule has 1 heterocycles. The monoisotopic (exact) mass is 442 g/mol. The van der Waals surface area contributed by atoms with Gasteiger partial charge in [0.15, 0.2) is 5.78 Å². The Morgan fingerprint density at radius 1 is 1.11 bits per heavy atom. The number of benzene rings is 2. The van der Waals surface area contributed by atoms with Gasteiger partial charge in [-0.2, -0.15) is 13.2 Å². The molecule has 0 aliphatic carbocycles. The molecule has 2 amide bonds. The van der Waals surface area contributed by atoms with Crippen LogP contribution < -0.4 is 10.6 Å². The second-order valence-electron chi connectivity index (χ2n) is 6.10. The van der Waals surface area contributed by atoms with Gasteiger partial charge in [0.1, 0.15) is 5.92 Å². The molecule has 3 rings (SSSR count). The van der Waals surface area contributed by atoms with Crippen LogP contribution in [0, 0.1) is 5.92 Å². The zero-order chi connectivity index (χ0) is 19.8. The van der Waals surface area contributed by atoms with Gasteiger partial charge in [0.05, 0.1) is 6.04 Å². The largest absolute Gasteiger partial charge is 0.437 e. The average Bonchev–Trinajstić information content (AvgIpc) is 2.60. The summed E-state index contributed by atoms with van der Waals surface area (Å²) in [5.74, 6) is -2.99. The number of nitrogens with one attached hydrogen (secondary N) is 2. The van der Waals surface area contributed by atoms with E-state index < -0.39 is 35.7 Å². The summed E-state index contributed by atoms with van der Waals surface area (Å²) in [6, 6.07) is 10.9. The molecule has 27 heavy (non-hydrogen) atoms. The summed E-state index contributed by atoms with van der Waals surface area (Å²) in [5, 5.41) is 14.3. The van der Waals surface area contributed by atoms with Crippen LogP contribution in [0.1, 0.15) is 22.0 Å². The lowest BCUT2D eigenvalue weighted by molar-refractivity contribution is -0.287. The summed E-state index contributed by atoms with van der Waals surface area (Å²) in [7, 11) is 0. The molecule has 3 atom stereocenters. The van der Waals surface area contributed by atoms with Crippen molar-refractivity contribution in [2.75, 3.05) is 0 Å². The SMILES string of the molecule is O=C1N[C@@H](c2cccc(Br)c2)[C@H](C(=O)c2ccccc2)[C@@](O)(C(F)(F)F)N1. The number of aliphatic hydroxyl groups is 1. The maximum absolute atomic E-state index is 13.7. The normalized spacial score (nSPS) is 25.4. The molecule has 3 N–H and O–H groups in total. The van der Waals surface area contributed by atoms with Crippen LogP contribution in [0.5, 0.6) is 0 Å². The van der Waals surface area contributed by atoms with Crippen molar-refractivity contribution in [1.29, 1.82) is 0 Å². The topological polar surface area (TPSA) is 78.4 Å². The van der Waals surface area contributed by atoms with E-state index in [-0.39, 0.29) is 11.1 Å². The summed E-state index contributed by atoms with van der Waals surface area (Å²) < 4.78 is 41.8. The van der Waals surface area contributed by atoms with Gasteiger partial charge < -0.3 is 15.7 Å². The lowest BCUT2D eigenvalue weighted by atomic mass is 9.77. The Labute approximate surface area is 160 Å². The highest BCUT2D eigenvalue weighted by molar-refractivity contribution is 9.10. The molecule has 5 nitrogen and oxygen atoms in total. The first-order chi connectivity index (χ1) is 12.6. The van der Waals surface area contributed by atoms with Crippen molar-refractivity contribution in [3.05, 3.63) is 70.2 Å². The Kier molecular flexibility index (Phi) is 5.00. The van der Waals surface area contributed by atoms with E-state index in [1.807, 2.05) is 0 Å². The van der Waals surface area contributed by atoms with Crippen LogP contribution >= 0.6 is 15.9 Å². The number of Topliss-reactive ketones (excluding diaryl/α,β-unsaturated/α-hetero) is 1. The van der Waals surface area contributed by atoms with Crippen LogP contribution in [-0.2, 0) is 0 Å². The second-order valence-corrected chi connectivity index (χ2v) is 7.02. The highest BCUT2D eigenvalue weighted by atomic mass is 79.9. The summed E-state index contributed by atoms with van der Waals surface area (Å²) in [4.78, 5) is 24.9. The maximum atomic E-state index is 13.7. The van der Waals surface area contributed by atoms with Crippen LogP contribution in [0.4, 0.5) is 18.0 Å². The smallest absolute Gasteiger partial charge is 0.363 e. The Balaban J connectivity index is 2.17. The minimum Gasteiger partial charge on any atom is -0.363 e. The van der Waals surface area contributed by atoms with E-state index in [4.69, 9.17) is 0 Å². The molecule has 0 spiro atoms. The van der Waals surface area contributed by atoms with Crippen molar-refractivity contribution in [1.82, 2.24) is 10.6 Å². The molecule has 1 aliphatic rings. The summed E-state index contributed by atoms with van der Waals surface area (Å²) in [5.41, 5.74) is -3.49. The van der Waals surface area contributed by atoms with Gasteiger partial charge in [-0.1, -0.05) is 58.4 Å². The Bertz CT molecular complexity index is 876. The predicted molar refractivity (Wildman–Crippen MR) is 93.8 cm³/mol. The number of carbonyl (C=O) groups is 2. The maximum Gasteiger partial charge on any atom is 0.437 e. The number of halogens is 4. The van der Waals surface area contributed by atoms with Gasteiger partial charge in [-0.3, -0.25) is 4.79 Å². The zero-order valence-electron chi connectivity index (χ0n) is 13.6. The van der Waals surface area contributed by atoms with Gasteiger partial charge in [0.25, 0.3) is 0 Å². The average molecular weight is 443 g/mol. The molecule has 0 aromatic heterocycles. The van der Waals surface area contributed by atoms with Crippen molar-refractivity contribution in [3.63, 3.8) is 0 Å². The first-order valence-corrected chi connectivity index (χ1v) is 8.65. The van der Waals surface area contributed by atoms with Gasteiger partial charge in [-0.25, -0.2) is 4.79 Å². The quantitative estimate of drug-likeness (QED) is 0.636. The van der Waals surface area contributed by atoms with Crippen molar-refractivity contribution < 1.29 is 27.9 Å². The van der Waals surface area contributed by atoms with Gasteiger partial charge in [-0.05, 0) is 17.7 Å². The number of alkyl halides is 3. The van der Waals surface area contributed by atoms with Crippen molar-refractivity contribution in [2.24, 2.45) is 5.92 Å². The van der Waals surface area contributed by atoms with Crippen LogP contribution in [0.25, 0.3) is 0 Å². The molecular weight excluding hydrogens is 429 g/mol. The molecule has 2 aromatic carbocycles. The highest BCUT2D eigenvalue weighted by Crippen LogP contribution is 2.44.